The quantitative estimate of drug-likeness (QED) is 0.520. The zero-order valence-corrected chi connectivity index (χ0v) is 19.6. The zero-order chi connectivity index (χ0) is 24.9. The van der Waals surface area contributed by atoms with Crippen LogP contribution in [0.25, 0.3) is 0 Å². The first-order valence-electron chi connectivity index (χ1n) is 11.2. The van der Waals surface area contributed by atoms with E-state index in [2.05, 4.69) is 16.5 Å². The molecule has 3 aromatic rings. The number of carbonyl (C=O) groups excluding carboxylic acids is 2. The Morgan fingerprint density at radius 1 is 0.971 bits per heavy atom. The Kier molecular flexibility index (Phi) is 6.96. The van der Waals surface area contributed by atoms with Crippen molar-refractivity contribution in [2.75, 3.05) is 18.0 Å². The van der Waals surface area contributed by atoms with E-state index in [-0.39, 0.29) is 29.6 Å². The minimum Gasteiger partial charge on any atom is -0.457 e. The van der Waals surface area contributed by atoms with Gasteiger partial charge in [0.05, 0.1) is 6.20 Å². The van der Waals surface area contributed by atoms with Crippen molar-refractivity contribution in [2.24, 2.45) is 5.73 Å². The molecule has 0 bridgehead atoms. The minimum atomic E-state index is -0.745. The highest BCUT2D eigenvalue weighted by Crippen LogP contribution is 2.29. The predicted octanol–water partition coefficient (Wildman–Crippen LogP) is 3.77. The van der Waals surface area contributed by atoms with Crippen LogP contribution >= 0.6 is 0 Å². The summed E-state index contributed by atoms with van der Waals surface area (Å²) in [5.41, 5.74) is 5.44. The molecule has 9 nitrogen and oxygen atoms in total. The first-order valence-corrected chi connectivity index (χ1v) is 11.2. The maximum absolute atomic E-state index is 12.2. The molecule has 180 valence electrons. The number of hydrogen-bond donors (Lipinski definition) is 1. The normalized spacial score (nSPS) is 17.5. The Balaban J connectivity index is 1.54. The van der Waals surface area contributed by atoms with Crippen LogP contribution in [0.2, 0.25) is 0 Å². The molecule has 0 unspecified atom stereocenters. The topological polar surface area (TPSA) is 111 Å². The van der Waals surface area contributed by atoms with Crippen LogP contribution in [0.1, 0.15) is 24.3 Å². The minimum absolute atomic E-state index is 0.0104. The third-order valence-electron chi connectivity index (χ3n) is 5.72. The van der Waals surface area contributed by atoms with Gasteiger partial charge in [0.15, 0.2) is 11.5 Å². The molecule has 0 saturated carbocycles. The lowest BCUT2D eigenvalue weighted by molar-refractivity contribution is -0.128. The smallest absolute Gasteiger partial charge is 0.272 e. The van der Waals surface area contributed by atoms with Crippen molar-refractivity contribution < 1.29 is 19.1 Å². The number of para-hydroxylation sites is 1. The molecule has 0 spiro atoms. The van der Waals surface area contributed by atoms with Crippen LogP contribution in [0.5, 0.6) is 23.1 Å². The van der Waals surface area contributed by atoms with Crippen molar-refractivity contribution in [3.63, 3.8) is 0 Å². The molecular weight excluding hydrogens is 446 g/mol. The number of anilines is 1. The Hall–Kier alpha value is -4.40. The van der Waals surface area contributed by atoms with Gasteiger partial charge in [0.2, 0.25) is 5.91 Å². The number of amides is 2. The second-order valence-electron chi connectivity index (χ2n) is 8.28. The second kappa shape index (κ2) is 10.3. The van der Waals surface area contributed by atoms with E-state index >= 15 is 0 Å². The lowest BCUT2D eigenvalue weighted by Gasteiger charge is -2.44. The molecule has 2 N–H and O–H groups in total. The van der Waals surface area contributed by atoms with Gasteiger partial charge >= 0.3 is 0 Å². The summed E-state index contributed by atoms with van der Waals surface area (Å²) >= 11 is 0. The van der Waals surface area contributed by atoms with E-state index in [1.54, 1.807) is 29.2 Å². The molecule has 0 aliphatic carbocycles. The molecule has 1 aliphatic rings. The number of piperazine rings is 1. The van der Waals surface area contributed by atoms with Crippen LogP contribution in [0.15, 0.2) is 73.4 Å². The van der Waals surface area contributed by atoms with Crippen LogP contribution in [-0.4, -0.2) is 51.9 Å². The third-order valence-corrected chi connectivity index (χ3v) is 5.72. The van der Waals surface area contributed by atoms with Gasteiger partial charge in [-0.15, -0.1) is 0 Å². The summed E-state index contributed by atoms with van der Waals surface area (Å²) in [6.45, 7) is 8.57. The highest BCUT2D eigenvalue weighted by Gasteiger charge is 2.32. The Morgan fingerprint density at radius 2 is 1.60 bits per heavy atom. The van der Waals surface area contributed by atoms with Crippen molar-refractivity contribution >= 4 is 17.6 Å². The average Bonchev–Trinajstić information content (AvgIpc) is 2.86. The molecule has 0 radical (unpaired) electrons. The fraction of sp³-hybridized carbons (Fsp3) is 0.231. The molecule has 2 aromatic carbocycles. The van der Waals surface area contributed by atoms with E-state index in [0.717, 1.165) is 0 Å². The molecule has 1 aromatic heterocycles. The highest BCUT2D eigenvalue weighted by molar-refractivity contribution is 5.93. The highest BCUT2D eigenvalue weighted by atomic mass is 16.5. The molecule has 2 atom stereocenters. The molecule has 1 aliphatic heterocycles. The van der Waals surface area contributed by atoms with Gasteiger partial charge in [-0.3, -0.25) is 9.59 Å². The van der Waals surface area contributed by atoms with Crippen LogP contribution in [-0.2, 0) is 4.79 Å². The van der Waals surface area contributed by atoms with Crippen molar-refractivity contribution in [1.29, 1.82) is 0 Å². The Bertz CT molecular complexity index is 1220. The fourth-order valence-electron chi connectivity index (χ4n) is 3.92. The fourth-order valence-corrected chi connectivity index (χ4v) is 3.92. The molecule has 4 rings (SSSR count). The molecule has 1 saturated heterocycles. The lowest BCUT2D eigenvalue weighted by atomic mass is 10.1. The number of nitrogens with two attached hydrogens (primary N) is 1. The SMILES string of the molecule is C=CC(=O)N1C[C@H](C)N(c2cnc(C(N)=O)c(Oc3ccc(Oc4ccccc4)cc3)n2)C[C@@H]1C. The van der Waals surface area contributed by atoms with E-state index in [0.29, 0.717) is 36.2 Å². The van der Waals surface area contributed by atoms with Gasteiger partial charge in [0, 0.05) is 25.2 Å². The van der Waals surface area contributed by atoms with Crippen molar-refractivity contribution in [1.82, 2.24) is 14.9 Å². The van der Waals surface area contributed by atoms with Gasteiger partial charge in [-0.2, -0.15) is 4.98 Å². The molecule has 2 heterocycles. The Labute approximate surface area is 203 Å². The Morgan fingerprint density at radius 3 is 2.23 bits per heavy atom. The monoisotopic (exact) mass is 473 g/mol. The second-order valence-corrected chi connectivity index (χ2v) is 8.28. The number of aromatic nitrogens is 2. The number of carbonyl (C=O) groups is 2. The predicted molar refractivity (Wildman–Crippen MR) is 132 cm³/mol. The van der Waals surface area contributed by atoms with Gasteiger partial charge in [-0.1, -0.05) is 24.8 Å². The van der Waals surface area contributed by atoms with E-state index in [1.165, 1.54) is 12.3 Å². The maximum atomic E-state index is 12.2. The van der Waals surface area contributed by atoms with Crippen LogP contribution in [0.3, 0.4) is 0 Å². The lowest BCUT2D eigenvalue weighted by Crippen LogP contribution is -2.58. The van der Waals surface area contributed by atoms with E-state index in [1.807, 2.05) is 49.1 Å². The van der Waals surface area contributed by atoms with Gasteiger partial charge in [-0.05, 0) is 56.3 Å². The van der Waals surface area contributed by atoms with Gasteiger partial charge in [-0.25, -0.2) is 4.98 Å². The summed E-state index contributed by atoms with van der Waals surface area (Å²) in [6, 6.07) is 16.2. The van der Waals surface area contributed by atoms with E-state index in [4.69, 9.17) is 15.2 Å². The standard InChI is InChI=1S/C26H27N5O4/c1-4-23(32)31-16-17(2)30(15-18(31)3)22-14-28-24(25(27)33)26(29-22)35-21-12-10-20(11-13-21)34-19-8-6-5-7-9-19/h4-14,17-18H,1,15-16H2,2-3H3,(H2,27,33)/t17-,18-/m0/s1. The first kappa shape index (κ1) is 23.7. The van der Waals surface area contributed by atoms with Crippen LogP contribution in [0, 0.1) is 0 Å². The maximum Gasteiger partial charge on any atom is 0.272 e. The van der Waals surface area contributed by atoms with Gasteiger partial charge < -0.3 is 25.0 Å². The van der Waals surface area contributed by atoms with Gasteiger partial charge in [0.1, 0.15) is 17.2 Å². The number of hydrogen-bond acceptors (Lipinski definition) is 7. The van der Waals surface area contributed by atoms with Crippen molar-refractivity contribution in [3.05, 3.63) is 79.1 Å². The van der Waals surface area contributed by atoms with Crippen LogP contribution < -0.4 is 20.1 Å². The summed E-state index contributed by atoms with van der Waals surface area (Å²) in [6.07, 6.45) is 2.82. The number of benzene rings is 2. The number of ether oxygens (including phenoxy) is 2. The zero-order valence-electron chi connectivity index (χ0n) is 19.6. The molecule has 1 fully saturated rings. The third kappa shape index (κ3) is 5.40. The summed E-state index contributed by atoms with van der Waals surface area (Å²) < 4.78 is 11.7. The summed E-state index contributed by atoms with van der Waals surface area (Å²) in [5.74, 6) is 1.48. The summed E-state index contributed by atoms with van der Waals surface area (Å²) in [4.78, 5) is 36.7. The summed E-state index contributed by atoms with van der Waals surface area (Å²) in [7, 11) is 0. The first-order chi connectivity index (χ1) is 16.9. The van der Waals surface area contributed by atoms with E-state index in [9.17, 15) is 9.59 Å². The van der Waals surface area contributed by atoms with Crippen LogP contribution in [0.4, 0.5) is 5.82 Å². The average molecular weight is 474 g/mol. The van der Waals surface area contributed by atoms with Crippen molar-refractivity contribution in [2.45, 2.75) is 25.9 Å². The number of nitrogens with zero attached hydrogens (tertiary/aromatic N) is 4. The van der Waals surface area contributed by atoms with Gasteiger partial charge in [0.25, 0.3) is 11.8 Å². The van der Waals surface area contributed by atoms with Crippen molar-refractivity contribution in [3.8, 4) is 23.1 Å². The number of rotatable bonds is 7. The largest absolute Gasteiger partial charge is 0.457 e. The molecule has 2 amide bonds. The van der Waals surface area contributed by atoms with E-state index < -0.39 is 5.91 Å². The molecular formula is C26H27N5O4. The molecule has 9 heteroatoms. The number of primary amides is 1. The molecule has 35 heavy (non-hydrogen) atoms. The summed E-state index contributed by atoms with van der Waals surface area (Å²) in [5, 5.41) is 0.